The van der Waals surface area contributed by atoms with E-state index >= 15 is 0 Å². The topological polar surface area (TPSA) is 130 Å². The fraction of sp³-hybridized carbons (Fsp3) is 0.250. The molecule has 3 aromatic rings. The van der Waals surface area contributed by atoms with Crippen LogP contribution in [0.4, 0.5) is 16.0 Å². The van der Waals surface area contributed by atoms with Crippen LogP contribution in [0, 0.1) is 15.9 Å². The number of carbonyl (C=O) groups excluding carboxylic acids is 1. The third kappa shape index (κ3) is 4.47. The lowest BCUT2D eigenvalue weighted by molar-refractivity contribution is -0.385. The number of benzene rings is 1. The van der Waals surface area contributed by atoms with E-state index in [1.165, 1.54) is 35.1 Å². The van der Waals surface area contributed by atoms with Gasteiger partial charge in [-0.1, -0.05) is 18.2 Å². The van der Waals surface area contributed by atoms with Gasteiger partial charge in [0, 0.05) is 12.0 Å². The maximum Gasteiger partial charge on any atom is 0.350 e. The largest absolute Gasteiger partial charge is 0.475 e. The molecule has 12 heteroatoms. The van der Waals surface area contributed by atoms with Crippen molar-refractivity contribution >= 4 is 17.5 Å². The van der Waals surface area contributed by atoms with Gasteiger partial charge in [0.15, 0.2) is 0 Å². The SMILES string of the molecule is COc1nn(CCC(=O)Nc2ncn(Cc3ccccc3F)n2)cc1[N+](=O)[O-]. The zero-order chi connectivity index (χ0) is 20.1. The average Bonchev–Trinajstić information content (AvgIpc) is 3.28. The normalized spacial score (nSPS) is 10.6. The van der Waals surface area contributed by atoms with Gasteiger partial charge in [-0.3, -0.25) is 24.9 Å². The summed E-state index contributed by atoms with van der Waals surface area (Å²) in [7, 11) is 1.27. The Hall–Kier alpha value is -3.83. The number of nitrogens with zero attached hydrogens (tertiary/aromatic N) is 6. The molecule has 0 atom stereocenters. The number of aryl methyl sites for hydroxylation is 1. The molecule has 1 amide bonds. The summed E-state index contributed by atoms with van der Waals surface area (Å²) >= 11 is 0. The maximum absolute atomic E-state index is 13.7. The molecule has 2 aromatic heterocycles. The van der Waals surface area contributed by atoms with E-state index in [4.69, 9.17) is 4.74 Å². The summed E-state index contributed by atoms with van der Waals surface area (Å²) in [4.78, 5) is 26.3. The van der Waals surface area contributed by atoms with Gasteiger partial charge in [0.2, 0.25) is 11.9 Å². The number of halogens is 1. The minimum Gasteiger partial charge on any atom is -0.475 e. The van der Waals surface area contributed by atoms with E-state index in [0.29, 0.717) is 5.56 Å². The number of nitro groups is 1. The van der Waals surface area contributed by atoms with E-state index in [2.05, 4.69) is 20.5 Å². The fourth-order valence-corrected chi connectivity index (χ4v) is 2.41. The number of carbonyl (C=O) groups is 1. The summed E-state index contributed by atoms with van der Waals surface area (Å²) < 4.78 is 21.1. The molecule has 0 saturated heterocycles. The van der Waals surface area contributed by atoms with Crippen LogP contribution in [0.3, 0.4) is 0 Å². The second kappa shape index (κ2) is 8.24. The number of ether oxygens (including phenoxy) is 1. The van der Waals surface area contributed by atoms with Gasteiger partial charge in [0.25, 0.3) is 0 Å². The van der Waals surface area contributed by atoms with E-state index in [9.17, 15) is 19.3 Å². The zero-order valence-electron chi connectivity index (χ0n) is 14.8. The quantitative estimate of drug-likeness (QED) is 0.457. The van der Waals surface area contributed by atoms with Crippen LogP contribution in [-0.4, -0.2) is 42.5 Å². The summed E-state index contributed by atoms with van der Waals surface area (Å²) in [5.74, 6) is -0.808. The monoisotopic (exact) mass is 389 g/mol. The van der Waals surface area contributed by atoms with E-state index in [1.54, 1.807) is 18.2 Å². The molecule has 0 aliphatic carbocycles. The van der Waals surface area contributed by atoms with Crippen molar-refractivity contribution in [1.82, 2.24) is 24.5 Å². The molecule has 0 unspecified atom stereocenters. The molecule has 0 radical (unpaired) electrons. The van der Waals surface area contributed by atoms with Crippen molar-refractivity contribution in [3.63, 3.8) is 0 Å². The molecule has 146 valence electrons. The number of amides is 1. The number of methoxy groups -OCH3 is 1. The van der Waals surface area contributed by atoms with Gasteiger partial charge < -0.3 is 4.74 Å². The third-order valence-electron chi connectivity index (χ3n) is 3.75. The summed E-state index contributed by atoms with van der Waals surface area (Å²) in [6.07, 6.45) is 2.56. The minimum absolute atomic E-state index is 0.0101. The molecule has 1 N–H and O–H groups in total. The molecule has 0 bridgehead atoms. The van der Waals surface area contributed by atoms with Crippen LogP contribution in [0.1, 0.15) is 12.0 Å². The van der Waals surface area contributed by atoms with Crippen molar-refractivity contribution in [2.45, 2.75) is 19.5 Å². The molecule has 2 heterocycles. The molecule has 0 aliphatic heterocycles. The van der Waals surface area contributed by atoms with Gasteiger partial charge in [-0.15, -0.1) is 10.2 Å². The van der Waals surface area contributed by atoms with Crippen LogP contribution in [0.25, 0.3) is 0 Å². The molecular weight excluding hydrogens is 373 g/mol. The van der Waals surface area contributed by atoms with Crippen LogP contribution in [0.5, 0.6) is 5.88 Å². The Bertz CT molecular complexity index is 1000. The average molecular weight is 389 g/mol. The van der Waals surface area contributed by atoms with Crippen molar-refractivity contribution < 1.29 is 18.8 Å². The second-order valence-electron chi connectivity index (χ2n) is 5.70. The number of nitrogens with one attached hydrogen (secondary N) is 1. The number of hydrogen-bond donors (Lipinski definition) is 1. The highest BCUT2D eigenvalue weighted by Crippen LogP contribution is 2.23. The Labute approximate surface area is 157 Å². The van der Waals surface area contributed by atoms with E-state index < -0.39 is 10.8 Å². The van der Waals surface area contributed by atoms with Crippen LogP contribution in [0.15, 0.2) is 36.8 Å². The van der Waals surface area contributed by atoms with Gasteiger partial charge in [-0.05, 0) is 6.07 Å². The molecule has 3 rings (SSSR count). The van der Waals surface area contributed by atoms with E-state index in [0.717, 1.165) is 0 Å². The zero-order valence-corrected chi connectivity index (χ0v) is 14.8. The molecule has 0 saturated carbocycles. The summed E-state index contributed by atoms with van der Waals surface area (Å²) in [6, 6.07) is 6.29. The lowest BCUT2D eigenvalue weighted by Crippen LogP contribution is -2.16. The van der Waals surface area contributed by atoms with E-state index in [1.807, 2.05) is 0 Å². The van der Waals surface area contributed by atoms with Gasteiger partial charge in [-0.25, -0.2) is 14.1 Å². The Balaban J connectivity index is 1.55. The fourth-order valence-electron chi connectivity index (χ4n) is 2.41. The van der Waals surface area contributed by atoms with Crippen molar-refractivity contribution in [3.8, 4) is 5.88 Å². The Kier molecular flexibility index (Phi) is 5.58. The first-order chi connectivity index (χ1) is 13.5. The number of hydrogen-bond acceptors (Lipinski definition) is 7. The first kappa shape index (κ1) is 18.9. The molecule has 0 fully saturated rings. The lowest BCUT2D eigenvalue weighted by atomic mass is 10.2. The van der Waals surface area contributed by atoms with Crippen LogP contribution >= 0.6 is 0 Å². The molecule has 11 nitrogen and oxygen atoms in total. The molecule has 28 heavy (non-hydrogen) atoms. The number of anilines is 1. The Morgan fingerprint density at radius 2 is 2.11 bits per heavy atom. The van der Waals surface area contributed by atoms with Crippen LogP contribution in [-0.2, 0) is 17.9 Å². The van der Waals surface area contributed by atoms with Crippen molar-refractivity contribution in [1.29, 1.82) is 0 Å². The predicted molar refractivity (Wildman–Crippen MR) is 94.2 cm³/mol. The Morgan fingerprint density at radius 3 is 2.79 bits per heavy atom. The standard InChI is InChI=1S/C16H16FN7O4/c1-28-15-13(24(26)27)9-22(20-15)7-6-14(25)19-16-18-10-23(21-16)8-11-4-2-3-5-12(11)17/h2-5,9-10H,6-8H2,1H3,(H,19,21,25). The third-order valence-corrected chi connectivity index (χ3v) is 3.75. The highest BCUT2D eigenvalue weighted by atomic mass is 19.1. The van der Waals surface area contributed by atoms with Gasteiger partial charge in [0.05, 0.1) is 25.1 Å². The highest BCUT2D eigenvalue weighted by Gasteiger charge is 2.20. The second-order valence-corrected chi connectivity index (χ2v) is 5.70. The summed E-state index contributed by atoms with van der Waals surface area (Å²) in [6.45, 7) is 0.276. The summed E-state index contributed by atoms with van der Waals surface area (Å²) in [5.41, 5.74) is 0.163. The number of rotatable bonds is 8. The van der Waals surface area contributed by atoms with Crippen molar-refractivity contribution in [3.05, 3.63) is 58.3 Å². The minimum atomic E-state index is -0.617. The van der Waals surface area contributed by atoms with E-state index in [-0.39, 0.29) is 42.8 Å². The summed E-state index contributed by atoms with van der Waals surface area (Å²) in [5, 5.41) is 21.3. The van der Waals surface area contributed by atoms with Crippen LogP contribution in [0.2, 0.25) is 0 Å². The molecule has 0 aliphatic rings. The van der Waals surface area contributed by atoms with Crippen LogP contribution < -0.4 is 10.1 Å². The van der Waals surface area contributed by atoms with Gasteiger partial charge in [0.1, 0.15) is 18.3 Å². The first-order valence-electron chi connectivity index (χ1n) is 8.15. The van der Waals surface area contributed by atoms with Gasteiger partial charge >= 0.3 is 11.6 Å². The molecule has 1 aromatic carbocycles. The lowest BCUT2D eigenvalue weighted by Gasteiger charge is -2.03. The maximum atomic E-state index is 13.7. The molecular formula is C16H16FN7O4. The molecule has 0 spiro atoms. The Morgan fingerprint density at radius 1 is 1.32 bits per heavy atom. The number of aromatic nitrogens is 5. The smallest absolute Gasteiger partial charge is 0.350 e. The first-order valence-corrected chi connectivity index (χ1v) is 8.15. The van der Waals surface area contributed by atoms with Crippen molar-refractivity contribution in [2.24, 2.45) is 0 Å². The van der Waals surface area contributed by atoms with Crippen molar-refractivity contribution in [2.75, 3.05) is 12.4 Å². The predicted octanol–water partition coefficient (Wildman–Crippen LogP) is 1.61. The highest BCUT2D eigenvalue weighted by molar-refractivity contribution is 5.88. The van der Waals surface area contributed by atoms with Gasteiger partial charge in [-0.2, -0.15) is 0 Å².